The molecule has 0 radical (unpaired) electrons. The third kappa shape index (κ3) is 2.83. The minimum Gasteiger partial charge on any atom is -0.374 e. The fourth-order valence-corrected chi connectivity index (χ4v) is 4.27. The van der Waals surface area contributed by atoms with Gasteiger partial charge in [-0.1, -0.05) is 12.1 Å². The summed E-state index contributed by atoms with van der Waals surface area (Å²) in [7, 11) is 2.18. The zero-order valence-electron chi connectivity index (χ0n) is 12.3. The maximum atomic E-state index is 6.10. The largest absolute Gasteiger partial charge is 0.374 e. The number of anilines is 1. The molecular formula is C16H25N3S. The molecule has 1 aromatic carbocycles. The van der Waals surface area contributed by atoms with Crippen LogP contribution in [0.5, 0.6) is 0 Å². The molecule has 4 heteroatoms. The lowest BCUT2D eigenvalue weighted by Crippen LogP contribution is -2.35. The molecule has 20 heavy (non-hydrogen) atoms. The van der Waals surface area contributed by atoms with Crippen LogP contribution < -0.4 is 10.6 Å². The normalized spacial score (nSPS) is 21.6. The van der Waals surface area contributed by atoms with Crippen LogP contribution in [-0.2, 0) is 6.42 Å². The molecule has 2 aliphatic heterocycles. The van der Waals surface area contributed by atoms with Gasteiger partial charge >= 0.3 is 0 Å². The number of rotatable bonds is 3. The van der Waals surface area contributed by atoms with Gasteiger partial charge in [-0.05, 0) is 42.3 Å². The van der Waals surface area contributed by atoms with E-state index in [2.05, 4.69) is 46.8 Å². The molecule has 1 fully saturated rings. The Morgan fingerprint density at radius 2 is 2.15 bits per heavy atom. The number of fused-ring (bicyclic) bond motifs is 1. The number of nitrogens with zero attached hydrogens (tertiary/aromatic N) is 2. The molecule has 3 rings (SSSR count). The summed E-state index contributed by atoms with van der Waals surface area (Å²) < 4.78 is 0. The first-order chi connectivity index (χ1) is 9.79. The van der Waals surface area contributed by atoms with E-state index in [1.165, 1.54) is 54.3 Å². The van der Waals surface area contributed by atoms with E-state index < -0.39 is 0 Å². The molecule has 2 N–H and O–H groups in total. The van der Waals surface area contributed by atoms with Crippen molar-refractivity contribution in [1.29, 1.82) is 0 Å². The van der Waals surface area contributed by atoms with Gasteiger partial charge in [-0.2, -0.15) is 11.8 Å². The molecule has 3 nitrogen and oxygen atoms in total. The lowest BCUT2D eigenvalue weighted by Gasteiger charge is -2.30. The zero-order valence-corrected chi connectivity index (χ0v) is 13.2. The Balaban J connectivity index is 1.82. The fourth-order valence-electron chi connectivity index (χ4n) is 3.37. The second-order valence-electron chi connectivity index (χ2n) is 5.81. The smallest absolute Gasteiger partial charge is 0.0470 e. The first kappa shape index (κ1) is 14.2. The predicted molar refractivity (Wildman–Crippen MR) is 88.7 cm³/mol. The first-order valence-corrected chi connectivity index (χ1v) is 8.81. The monoisotopic (exact) mass is 291 g/mol. The van der Waals surface area contributed by atoms with Gasteiger partial charge in [0.25, 0.3) is 0 Å². The zero-order chi connectivity index (χ0) is 13.9. The highest BCUT2D eigenvalue weighted by Gasteiger charge is 2.23. The van der Waals surface area contributed by atoms with Crippen LogP contribution >= 0.6 is 11.8 Å². The molecule has 0 aliphatic carbocycles. The topological polar surface area (TPSA) is 32.5 Å². The molecule has 1 aromatic rings. The van der Waals surface area contributed by atoms with E-state index in [0.29, 0.717) is 6.04 Å². The minimum atomic E-state index is 0.393. The van der Waals surface area contributed by atoms with Gasteiger partial charge in [0.05, 0.1) is 0 Å². The van der Waals surface area contributed by atoms with Gasteiger partial charge in [-0.3, -0.25) is 4.90 Å². The van der Waals surface area contributed by atoms with Gasteiger partial charge in [-0.25, -0.2) is 0 Å². The van der Waals surface area contributed by atoms with Crippen LogP contribution in [0.4, 0.5) is 5.69 Å². The average molecular weight is 291 g/mol. The van der Waals surface area contributed by atoms with Gasteiger partial charge in [0.2, 0.25) is 0 Å². The molecule has 1 atom stereocenters. The van der Waals surface area contributed by atoms with E-state index in [0.717, 1.165) is 13.1 Å². The van der Waals surface area contributed by atoms with E-state index in [1.807, 2.05) is 0 Å². The summed E-state index contributed by atoms with van der Waals surface area (Å²) >= 11 is 2.07. The van der Waals surface area contributed by atoms with Crippen LogP contribution in [0.15, 0.2) is 18.2 Å². The van der Waals surface area contributed by atoms with Crippen LogP contribution in [0, 0.1) is 0 Å². The lowest BCUT2D eigenvalue weighted by molar-refractivity contribution is 0.218. The summed E-state index contributed by atoms with van der Waals surface area (Å²) in [5.41, 5.74) is 10.4. The van der Waals surface area contributed by atoms with E-state index in [9.17, 15) is 0 Å². The van der Waals surface area contributed by atoms with Crippen LogP contribution in [0.3, 0.4) is 0 Å². The van der Waals surface area contributed by atoms with E-state index in [-0.39, 0.29) is 0 Å². The Hall–Kier alpha value is -0.710. The third-order valence-electron chi connectivity index (χ3n) is 4.54. The first-order valence-electron chi connectivity index (χ1n) is 7.65. The summed E-state index contributed by atoms with van der Waals surface area (Å²) in [5.74, 6) is 2.53. The van der Waals surface area contributed by atoms with Gasteiger partial charge < -0.3 is 10.6 Å². The number of hydrogen-bond donors (Lipinski definition) is 1. The third-order valence-corrected chi connectivity index (χ3v) is 5.59. The van der Waals surface area contributed by atoms with Gasteiger partial charge in [0.1, 0.15) is 0 Å². The highest BCUT2D eigenvalue weighted by atomic mass is 32.2. The molecule has 1 unspecified atom stereocenters. The Morgan fingerprint density at radius 1 is 1.25 bits per heavy atom. The molecule has 2 aliphatic rings. The number of likely N-dealkylation sites (N-methyl/N-ethyl adjacent to an activating group) is 1. The maximum absolute atomic E-state index is 6.10. The molecule has 0 amide bonds. The van der Waals surface area contributed by atoms with E-state index >= 15 is 0 Å². The number of thioether (sulfide) groups is 1. The number of hydrogen-bond acceptors (Lipinski definition) is 4. The molecule has 0 spiro atoms. The fraction of sp³-hybridized carbons (Fsp3) is 0.625. The van der Waals surface area contributed by atoms with Crippen molar-refractivity contribution in [3.05, 3.63) is 29.3 Å². The molecule has 0 aromatic heterocycles. The molecule has 0 saturated carbocycles. The second kappa shape index (κ2) is 6.37. The van der Waals surface area contributed by atoms with Gasteiger partial charge in [0, 0.05) is 44.2 Å². The van der Waals surface area contributed by atoms with Crippen molar-refractivity contribution in [2.45, 2.75) is 18.9 Å². The highest BCUT2D eigenvalue weighted by molar-refractivity contribution is 7.99. The summed E-state index contributed by atoms with van der Waals surface area (Å²) in [6, 6.07) is 7.36. The highest BCUT2D eigenvalue weighted by Crippen LogP contribution is 2.31. The Bertz CT molecular complexity index is 455. The molecule has 2 heterocycles. The molecule has 0 bridgehead atoms. The van der Waals surface area contributed by atoms with E-state index in [1.54, 1.807) is 0 Å². The van der Waals surface area contributed by atoms with Crippen LogP contribution in [0.2, 0.25) is 0 Å². The minimum absolute atomic E-state index is 0.393. The lowest BCUT2D eigenvalue weighted by atomic mass is 10.0. The number of nitrogens with two attached hydrogens (primary N) is 1. The summed E-state index contributed by atoms with van der Waals surface area (Å²) in [6.45, 7) is 4.22. The van der Waals surface area contributed by atoms with Crippen molar-refractivity contribution < 1.29 is 0 Å². The van der Waals surface area contributed by atoms with Crippen LogP contribution in [0.25, 0.3) is 0 Å². The van der Waals surface area contributed by atoms with Crippen molar-refractivity contribution in [3.8, 4) is 0 Å². The SMILES string of the molecule is CN1CCc2cc(C(CN)N3CCCSCC3)ccc21. The molecule has 1 saturated heterocycles. The summed E-state index contributed by atoms with van der Waals surface area (Å²) in [5, 5.41) is 0. The second-order valence-corrected chi connectivity index (χ2v) is 7.04. The van der Waals surface area contributed by atoms with E-state index in [4.69, 9.17) is 5.73 Å². The van der Waals surface area contributed by atoms with Gasteiger partial charge in [0.15, 0.2) is 0 Å². The Morgan fingerprint density at radius 3 is 3.00 bits per heavy atom. The van der Waals surface area contributed by atoms with Crippen molar-refractivity contribution in [2.75, 3.05) is 49.6 Å². The maximum Gasteiger partial charge on any atom is 0.0470 e. The standard InChI is InChI=1S/C16H25N3S/c1-18-7-5-14-11-13(3-4-15(14)18)16(12-17)19-6-2-9-20-10-8-19/h3-4,11,16H,2,5-10,12,17H2,1H3. The quantitative estimate of drug-likeness (QED) is 0.924. The summed E-state index contributed by atoms with van der Waals surface area (Å²) in [4.78, 5) is 4.93. The summed E-state index contributed by atoms with van der Waals surface area (Å²) in [6.07, 6.45) is 2.46. The van der Waals surface area contributed by atoms with Crippen molar-refractivity contribution in [2.24, 2.45) is 5.73 Å². The molecular weight excluding hydrogens is 266 g/mol. The van der Waals surface area contributed by atoms with Crippen LogP contribution in [-0.4, -0.2) is 49.6 Å². The average Bonchev–Trinajstić information content (AvgIpc) is 2.68. The van der Waals surface area contributed by atoms with Crippen molar-refractivity contribution in [1.82, 2.24) is 4.90 Å². The predicted octanol–water partition coefficient (Wildman–Crippen LogP) is 2.12. The number of benzene rings is 1. The van der Waals surface area contributed by atoms with Crippen molar-refractivity contribution >= 4 is 17.4 Å². The molecule has 110 valence electrons. The Kier molecular flexibility index (Phi) is 4.54. The van der Waals surface area contributed by atoms with Crippen molar-refractivity contribution in [3.63, 3.8) is 0 Å². The van der Waals surface area contributed by atoms with Crippen LogP contribution in [0.1, 0.15) is 23.6 Å². The van der Waals surface area contributed by atoms with Gasteiger partial charge in [-0.15, -0.1) is 0 Å². The Labute approximate surface area is 126 Å².